The summed E-state index contributed by atoms with van der Waals surface area (Å²) in [4.78, 5) is 41.8. The Morgan fingerprint density at radius 3 is 2.46 bits per heavy atom. The summed E-state index contributed by atoms with van der Waals surface area (Å²) >= 11 is 0. The molecule has 10 heteroatoms. The topological polar surface area (TPSA) is 140 Å². The number of aliphatic hydroxyl groups is 2. The molecule has 0 aromatic heterocycles. The number of ether oxygens (including phenoxy) is 1. The average molecular weight is 569 g/mol. The first-order chi connectivity index (χ1) is 19.5. The van der Waals surface area contributed by atoms with Crippen molar-refractivity contribution < 1.29 is 29.3 Å². The number of benzene rings is 2. The smallest absolute Gasteiger partial charge is 0.246 e. The van der Waals surface area contributed by atoms with Crippen molar-refractivity contribution in [2.75, 3.05) is 26.7 Å². The molecule has 1 heterocycles. The molecule has 1 unspecified atom stereocenters. The number of hydrogen-bond donors (Lipinski definition) is 5. The Morgan fingerprint density at radius 1 is 1.05 bits per heavy atom. The van der Waals surface area contributed by atoms with E-state index in [-0.39, 0.29) is 37.8 Å². The number of hydrogen-bond acceptors (Lipinski definition) is 7. The zero-order valence-electron chi connectivity index (χ0n) is 24.6. The van der Waals surface area contributed by atoms with Crippen LogP contribution in [0.3, 0.4) is 0 Å². The van der Waals surface area contributed by atoms with E-state index in [1.807, 2.05) is 69.3 Å². The van der Waals surface area contributed by atoms with Crippen LogP contribution in [0.1, 0.15) is 37.5 Å². The molecule has 224 valence electrons. The van der Waals surface area contributed by atoms with Gasteiger partial charge in [-0.3, -0.25) is 14.4 Å². The number of para-hydroxylation sites is 1. The molecule has 0 radical (unpaired) electrons. The van der Waals surface area contributed by atoms with Gasteiger partial charge in [0, 0.05) is 33.0 Å². The first kappa shape index (κ1) is 32.0. The van der Waals surface area contributed by atoms with Gasteiger partial charge < -0.3 is 35.8 Å². The van der Waals surface area contributed by atoms with Gasteiger partial charge >= 0.3 is 0 Å². The van der Waals surface area contributed by atoms with Gasteiger partial charge in [0.25, 0.3) is 0 Å². The van der Waals surface area contributed by atoms with Crippen LogP contribution in [-0.4, -0.2) is 89.9 Å². The minimum absolute atomic E-state index is 0.0385. The number of likely N-dealkylation sites (N-methyl/N-ethyl adjacent to an activating group) is 1. The molecule has 10 nitrogen and oxygen atoms in total. The first-order valence-corrected chi connectivity index (χ1v) is 14.2. The SMILES string of the molecule is Cc1cccc(C[C@H]2NC(=O)[C@H](C(C)O)N(C)C(=O)[C@H](C(C)C)NCCOc3ccccc3C[C@H](O)CNC2=O)c1. The molecule has 0 aliphatic carbocycles. The number of fused-ring (bicyclic) bond motifs is 1. The molecule has 5 atom stereocenters. The molecule has 0 saturated heterocycles. The summed E-state index contributed by atoms with van der Waals surface area (Å²) in [5, 5.41) is 30.1. The van der Waals surface area contributed by atoms with Crippen LogP contribution >= 0.6 is 0 Å². The second kappa shape index (κ2) is 15.0. The minimum atomic E-state index is -1.23. The van der Waals surface area contributed by atoms with E-state index in [4.69, 9.17) is 4.74 Å². The average Bonchev–Trinajstić information content (AvgIpc) is 2.91. The second-order valence-corrected chi connectivity index (χ2v) is 11.1. The second-order valence-electron chi connectivity index (χ2n) is 11.1. The van der Waals surface area contributed by atoms with Gasteiger partial charge in [-0.2, -0.15) is 0 Å². The lowest BCUT2D eigenvalue weighted by Crippen LogP contribution is -2.61. The number of aryl methyl sites for hydroxylation is 1. The van der Waals surface area contributed by atoms with Crippen molar-refractivity contribution in [2.24, 2.45) is 5.92 Å². The van der Waals surface area contributed by atoms with E-state index in [0.717, 1.165) is 16.7 Å². The fourth-order valence-corrected chi connectivity index (χ4v) is 5.08. The van der Waals surface area contributed by atoms with Crippen LogP contribution in [0.5, 0.6) is 5.75 Å². The largest absolute Gasteiger partial charge is 0.492 e. The highest BCUT2D eigenvalue weighted by atomic mass is 16.5. The van der Waals surface area contributed by atoms with E-state index in [1.165, 1.54) is 18.9 Å². The zero-order valence-corrected chi connectivity index (χ0v) is 24.6. The maximum Gasteiger partial charge on any atom is 0.246 e. The lowest BCUT2D eigenvalue weighted by atomic mass is 10.00. The number of carbonyl (C=O) groups is 3. The molecule has 1 aliphatic rings. The van der Waals surface area contributed by atoms with Crippen molar-refractivity contribution in [2.45, 2.75) is 70.9 Å². The Balaban J connectivity index is 1.95. The number of nitrogens with one attached hydrogen (secondary N) is 3. The predicted molar refractivity (Wildman–Crippen MR) is 156 cm³/mol. The first-order valence-electron chi connectivity index (χ1n) is 14.2. The third kappa shape index (κ3) is 9.01. The van der Waals surface area contributed by atoms with Crippen LogP contribution in [0.25, 0.3) is 0 Å². The number of rotatable bonds is 4. The van der Waals surface area contributed by atoms with E-state index in [9.17, 15) is 24.6 Å². The van der Waals surface area contributed by atoms with E-state index in [2.05, 4.69) is 16.0 Å². The van der Waals surface area contributed by atoms with Crippen LogP contribution in [0.15, 0.2) is 48.5 Å². The number of carbonyl (C=O) groups excluding carboxylic acids is 3. The van der Waals surface area contributed by atoms with Gasteiger partial charge in [-0.05, 0) is 37.0 Å². The van der Waals surface area contributed by atoms with Crippen LogP contribution in [0.2, 0.25) is 0 Å². The molecule has 0 fully saturated rings. The van der Waals surface area contributed by atoms with E-state index in [1.54, 1.807) is 0 Å². The number of amides is 3. The van der Waals surface area contributed by atoms with Gasteiger partial charge in [0.15, 0.2) is 0 Å². The van der Waals surface area contributed by atoms with E-state index < -0.39 is 42.1 Å². The monoisotopic (exact) mass is 568 g/mol. The van der Waals surface area contributed by atoms with Crippen molar-refractivity contribution in [1.29, 1.82) is 0 Å². The van der Waals surface area contributed by atoms with Crippen LogP contribution in [-0.2, 0) is 27.2 Å². The van der Waals surface area contributed by atoms with Crippen molar-refractivity contribution in [1.82, 2.24) is 20.9 Å². The maximum absolute atomic E-state index is 13.6. The Kier molecular flexibility index (Phi) is 11.7. The Labute approximate surface area is 242 Å². The molecular weight excluding hydrogens is 524 g/mol. The fourth-order valence-electron chi connectivity index (χ4n) is 5.08. The van der Waals surface area contributed by atoms with E-state index >= 15 is 0 Å². The third-order valence-corrected chi connectivity index (χ3v) is 7.24. The lowest BCUT2D eigenvalue weighted by molar-refractivity contribution is -0.145. The number of aliphatic hydroxyl groups excluding tert-OH is 2. The van der Waals surface area contributed by atoms with Gasteiger partial charge in [0.1, 0.15) is 24.4 Å². The van der Waals surface area contributed by atoms with Crippen molar-refractivity contribution in [3.8, 4) is 5.75 Å². The van der Waals surface area contributed by atoms with E-state index in [0.29, 0.717) is 12.3 Å². The standard InChI is InChI=1S/C31H44N4O6/c1-19(2)27-31(40)35(5)28(21(4)36)30(39)34-25(16-22-10-8-9-20(3)15-22)29(38)33-18-24(37)17-23-11-6-7-12-26(23)41-14-13-32-27/h6-12,15,19,21,24-25,27-28,32,36-37H,13-14,16-18H2,1-5H3,(H,33,38)(H,34,39)/t21?,24-,25+,27-,28-/m0/s1. The lowest BCUT2D eigenvalue weighted by Gasteiger charge is -2.34. The Morgan fingerprint density at radius 2 is 1.78 bits per heavy atom. The molecule has 41 heavy (non-hydrogen) atoms. The molecular formula is C31H44N4O6. The molecule has 0 saturated carbocycles. The Hall–Kier alpha value is -3.47. The fraction of sp³-hybridized carbons (Fsp3) is 0.516. The summed E-state index contributed by atoms with van der Waals surface area (Å²) in [6.45, 7) is 7.76. The highest BCUT2D eigenvalue weighted by molar-refractivity contribution is 5.93. The molecule has 3 amide bonds. The molecule has 2 aromatic carbocycles. The van der Waals surface area contributed by atoms with Crippen molar-refractivity contribution >= 4 is 17.7 Å². The normalized spacial score (nSPS) is 24.4. The minimum Gasteiger partial charge on any atom is -0.492 e. The highest BCUT2D eigenvalue weighted by Crippen LogP contribution is 2.20. The summed E-state index contributed by atoms with van der Waals surface area (Å²) in [5.74, 6) is -0.986. The summed E-state index contributed by atoms with van der Waals surface area (Å²) in [5.41, 5.74) is 2.63. The van der Waals surface area contributed by atoms with Gasteiger partial charge in [0.2, 0.25) is 17.7 Å². The number of β-amino-alcohol motifs (C(OH)–C–C–N with tert-alkyl or cyclic N) is 1. The molecule has 0 bridgehead atoms. The summed E-state index contributed by atoms with van der Waals surface area (Å²) in [6.07, 6.45) is -1.66. The van der Waals surface area contributed by atoms with Crippen LogP contribution in [0.4, 0.5) is 0 Å². The highest BCUT2D eigenvalue weighted by Gasteiger charge is 2.37. The quantitative estimate of drug-likeness (QED) is 0.370. The van der Waals surface area contributed by atoms with Gasteiger partial charge in [-0.1, -0.05) is 61.9 Å². The predicted octanol–water partition coefficient (Wildman–Crippen LogP) is 0.957. The van der Waals surface area contributed by atoms with Crippen LogP contribution in [0, 0.1) is 12.8 Å². The summed E-state index contributed by atoms with van der Waals surface area (Å²) in [7, 11) is 1.48. The Bertz CT molecular complexity index is 1190. The number of nitrogens with zero attached hydrogens (tertiary/aromatic N) is 1. The van der Waals surface area contributed by atoms with Gasteiger partial charge in [-0.15, -0.1) is 0 Å². The molecule has 5 N–H and O–H groups in total. The van der Waals surface area contributed by atoms with Gasteiger partial charge in [0.05, 0.1) is 18.2 Å². The van der Waals surface area contributed by atoms with Crippen LogP contribution < -0.4 is 20.7 Å². The van der Waals surface area contributed by atoms with Crippen molar-refractivity contribution in [3.05, 3.63) is 65.2 Å². The molecule has 2 aromatic rings. The summed E-state index contributed by atoms with van der Waals surface area (Å²) in [6, 6.07) is 12.1. The summed E-state index contributed by atoms with van der Waals surface area (Å²) < 4.78 is 5.97. The molecule has 1 aliphatic heterocycles. The zero-order chi connectivity index (χ0) is 30.1. The van der Waals surface area contributed by atoms with Crippen molar-refractivity contribution in [3.63, 3.8) is 0 Å². The third-order valence-electron chi connectivity index (χ3n) is 7.24. The molecule has 0 spiro atoms. The maximum atomic E-state index is 13.6. The molecule has 3 rings (SSSR count). The van der Waals surface area contributed by atoms with Gasteiger partial charge in [-0.25, -0.2) is 0 Å².